The molecule has 0 spiro atoms. The SMILES string of the molecule is c1ccc(-c2nc(-c3ccccc3)c3ccc(-c4nc(-c5ccc(-c6nc7ccccc7o6)cc5)nc(-c5ccc(-c6nc7ccccc7o6)cc5)n4)cc3n2)cc1. The highest BCUT2D eigenvalue weighted by Crippen LogP contribution is 2.34. The van der Waals surface area contributed by atoms with Gasteiger partial charge < -0.3 is 8.83 Å². The summed E-state index contributed by atoms with van der Waals surface area (Å²) in [7, 11) is 0. The lowest BCUT2D eigenvalue weighted by Crippen LogP contribution is -2.01. The van der Waals surface area contributed by atoms with Crippen LogP contribution in [0.1, 0.15) is 0 Å². The maximum atomic E-state index is 6.05. The molecular formula is C49H29N7O2. The Morgan fingerprint density at radius 1 is 0.276 bits per heavy atom. The topological polar surface area (TPSA) is 117 Å². The second-order valence-corrected chi connectivity index (χ2v) is 13.8. The van der Waals surface area contributed by atoms with Gasteiger partial charge in [0.05, 0.1) is 11.2 Å². The van der Waals surface area contributed by atoms with Crippen LogP contribution < -0.4 is 0 Å². The van der Waals surface area contributed by atoms with Crippen LogP contribution in [0.5, 0.6) is 0 Å². The van der Waals surface area contributed by atoms with Crippen molar-refractivity contribution in [2.24, 2.45) is 0 Å². The minimum Gasteiger partial charge on any atom is -0.436 e. The maximum absolute atomic E-state index is 6.05. The number of rotatable bonds is 7. The van der Waals surface area contributed by atoms with Gasteiger partial charge in [-0.05, 0) is 60.7 Å². The lowest BCUT2D eigenvalue weighted by Gasteiger charge is -2.12. The molecule has 9 nitrogen and oxygen atoms in total. The van der Waals surface area contributed by atoms with Crippen molar-refractivity contribution >= 4 is 33.1 Å². The van der Waals surface area contributed by atoms with Gasteiger partial charge in [0.2, 0.25) is 11.8 Å². The molecule has 11 rings (SSSR count). The van der Waals surface area contributed by atoms with Gasteiger partial charge in [-0.25, -0.2) is 34.9 Å². The Bertz CT molecular complexity index is 3070. The minimum absolute atomic E-state index is 0.508. The Balaban J connectivity index is 1.03. The molecule has 11 aromatic rings. The van der Waals surface area contributed by atoms with Crippen molar-refractivity contribution in [3.63, 3.8) is 0 Å². The number of para-hydroxylation sites is 4. The van der Waals surface area contributed by atoms with Gasteiger partial charge in [-0.1, -0.05) is 115 Å². The highest BCUT2D eigenvalue weighted by atomic mass is 16.4. The molecule has 7 aromatic carbocycles. The molecule has 0 atom stereocenters. The van der Waals surface area contributed by atoms with E-state index in [9.17, 15) is 0 Å². The summed E-state index contributed by atoms with van der Waals surface area (Å²) in [6.07, 6.45) is 0. The zero-order valence-corrected chi connectivity index (χ0v) is 30.7. The molecule has 0 aliphatic rings. The largest absolute Gasteiger partial charge is 0.436 e. The van der Waals surface area contributed by atoms with Crippen molar-refractivity contribution in [1.29, 1.82) is 0 Å². The second-order valence-electron chi connectivity index (χ2n) is 13.8. The average molecular weight is 748 g/mol. The lowest BCUT2D eigenvalue weighted by molar-refractivity contribution is 0.619. The van der Waals surface area contributed by atoms with E-state index in [-0.39, 0.29) is 0 Å². The fourth-order valence-electron chi connectivity index (χ4n) is 7.08. The van der Waals surface area contributed by atoms with Crippen molar-refractivity contribution in [3.8, 4) is 79.7 Å². The molecule has 9 heteroatoms. The minimum atomic E-state index is 0.508. The fourth-order valence-corrected chi connectivity index (χ4v) is 7.08. The van der Waals surface area contributed by atoms with E-state index >= 15 is 0 Å². The summed E-state index contributed by atoms with van der Waals surface area (Å²) in [5.41, 5.74) is 10.8. The number of nitrogens with zero attached hydrogens (tertiary/aromatic N) is 7. The molecule has 0 aliphatic carbocycles. The van der Waals surface area contributed by atoms with Gasteiger partial charge in [-0.2, -0.15) is 0 Å². The molecule has 0 N–H and O–H groups in total. The first-order valence-electron chi connectivity index (χ1n) is 18.8. The number of hydrogen-bond donors (Lipinski definition) is 0. The molecule has 4 aromatic heterocycles. The van der Waals surface area contributed by atoms with E-state index in [2.05, 4.69) is 28.2 Å². The highest BCUT2D eigenvalue weighted by molar-refractivity contribution is 5.95. The van der Waals surface area contributed by atoms with E-state index in [1.54, 1.807) is 0 Å². The standard InChI is InChI=1S/C49H29N7O2/c1-3-11-30(12-4-1)43-37-28-27-36(29-40(37)50-44(53-43)31-13-5-2-6-14-31)47-55-45(32-19-23-34(24-20-32)48-51-38-15-7-9-17-41(38)57-48)54-46(56-47)33-21-25-35(26-22-33)49-52-39-16-8-10-18-42(39)58-49/h1-29H. The summed E-state index contributed by atoms with van der Waals surface area (Å²) in [6.45, 7) is 0. The third kappa shape index (κ3) is 6.13. The van der Waals surface area contributed by atoms with E-state index < -0.39 is 0 Å². The van der Waals surface area contributed by atoms with Crippen molar-refractivity contribution in [1.82, 2.24) is 34.9 Å². The van der Waals surface area contributed by atoms with Crippen LogP contribution in [0.3, 0.4) is 0 Å². The molecule has 58 heavy (non-hydrogen) atoms. The first-order chi connectivity index (χ1) is 28.7. The Labute approximate surface area is 331 Å². The van der Waals surface area contributed by atoms with Crippen LogP contribution >= 0.6 is 0 Å². The van der Waals surface area contributed by atoms with Crippen LogP contribution in [0.25, 0.3) is 113 Å². The van der Waals surface area contributed by atoms with Gasteiger partial charge in [0.25, 0.3) is 0 Å². The van der Waals surface area contributed by atoms with Crippen molar-refractivity contribution < 1.29 is 8.83 Å². The molecule has 0 unspecified atom stereocenters. The Kier molecular flexibility index (Phi) is 7.92. The summed E-state index contributed by atoms with van der Waals surface area (Å²) in [4.78, 5) is 34.6. The highest BCUT2D eigenvalue weighted by Gasteiger charge is 2.18. The van der Waals surface area contributed by atoms with Gasteiger partial charge in [-0.15, -0.1) is 0 Å². The predicted molar refractivity (Wildman–Crippen MR) is 226 cm³/mol. The van der Waals surface area contributed by atoms with Crippen molar-refractivity contribution in [2.75, 3.05) is 0 Å². The van der Waals surface area contributed by atoms with E-state index in [4.69, 9.17) is 33.8 Å². The second kappa shape index (κ2) is 13.8. The smallest absolute Gasteiger partial charge is 0.227 e. The summed E-state index contributed by atoms with van der Waals surface area (Å²) in [5, 5.41) is 0.925. The number of hydrogen-bond acceptors (Lipinski definition) is 9. The molecule has 4 heterocycles. The molecule has 0 saturated carbocycles. The van der Waals surface area contributed by atoms with E-state index in [0.717, 1.165) is 77.7 Å². The first kappa shape index (κ1) is 33.2. The molecule has 0 radical (unpaired) electrons. The van der Waals surface area contributed by atoms with Crippen LogP contribution in [0, 0.1) is 0 Å². The zero-order valence-electron chi connectivity index (χ0n) is 30.7. The molecule has 0 fully saturated rings. The van der Waals surface area contributed by atoms with Gasteiger partial charge in [0.15, 0.2) is 34.5 Å². The average Bonchev–Trinajstić information content (AvgIpc) is 3.94. The molecule has 0 amide bonds. The van der Waals surface area contributed by atoms with Gasteiger partial charge >= 0.3 is 0 Å². The number of fused-ring (bicyclic) bond motifs is 3. The summed E-state index contributed by atoms with van der Waals surface area (Å²) in [6, 6.07) is 57.6. The van der Waals surface area contributed by atoms with E-state index in [0.29, 0.717) is 35.1 Å². The van der Waals surface area contributed by atoms with Crippen LogP contribution in [0.4, 0.5) is 0 Å². The monoisotopic (exact) mass is 747 g/mol. The van der Waals surface area contributed by atoms with Crippen molar-refractivity contribution in [3.05, 3.63) is 176 Å². The van der Waals surface area contributed by atoms with Crippen LogP contribution in [-0.4, -0.2) is 34.9 Å². The number of aromatic nitrogens is 7. The third-order valence-corrected chi connectivity index (χ3v) is 10.0. The summed E-state index contributed by atoms with van der Waals surface area (Å²) < 4.78 is 12.1. The summed E-state index contributed by atoms with van der Waals surface area (Å²) >= 11 is 0. The Morgan fingerprint density at radius 3 is 1.22 bits per heavy atom. The van der Waals surface area contributed by atoms with Crippen LogP contribution in [0.15, 0.2) is 185 Å². The number of benzene rings is 7. The van der Waals surface area contributed by atoms with Gasteiger partial charge in [-0.3, -0.25) is 0 Å². The van der Waals surface area contributed by atoms with Gasteiger partial charge in [0, 0.05) is 44.3 Å². The molecule has 0 aliphatic heterocycles. The molecule has 272 valence electrons. The molecular weight excluding hydrogens is 719 g/mol. The van der Waals surface area contributed by atoms with E-state index in [1.165, 1.54) is 0 Å². The quantitative estimate of drug-likeness (QED) is 0.157. The van der Waals surface area contributed by atoms with Gasteiger partial charge in [0.1, 0.15) is 11.0 Å². The fraction of sp³-hybridized carbons (Fsp3) is 0. The van der Waals surface area contributed by atoms with Crippen LogP contribution in [0.2, 0.25) is 0 Å². The third-order valence-electron chi connectivity index (χ3n) is 10.0. The summed E-state index contributed by atoms with van der Waals surface area (Å²) in [5.74, 6) is 3.28. The molecule has 0 saturated heterocycles. The Morgan fingerprint density at radius 2 is 0.690 bits per heavy atom. The van der Waals surface area contributed by atoms with Crippen molar-refractivity contribution in [2.45, 2.75) is 0 Å². The van der Waals surface area contributed by atoms with E-state index in [1.807, 2.05) is 158 Å². The molecule has 0 bridgehead atoms. The first-order valence-corrected chi connectivity index (χ1v) is 18.8. The lowest BCUT2D eigenvalue weighted by atomic mass is 10.0. The number of oxazole rings is 2. The Hall–Kier alpha value is -8.17. The zero-order chi connectivity index (χ0) is 38.4. The van der Waals surface area contributed by atoms with Crippen LogP contribution in [-0.2, 0) is 0 Å². The predicted octanol–water partition coefficient (Wildman–Crippen LogP) is 11.8. The maximum Gasteiger partial charge on any atom is 0.227 e. The normalized spacial score (nSPS) is 11.4.